The number of carbonyl (C=O) groups excluding carboxylic acids is 1. The first-order chi connectivity index (χ1) is 12.6. The van der Waals surface area contributed by atoms with Crippen molar-refractivity contribution in [3.63, 3.8) is 0 Å². The van der Waals surface area contributed by atoms with Crippen molar-refractivity contribution in [2.24, 2.45) is 0 Å². The molecule has 128 valence electrons. The molecule has 4 rings (SSSR count). The number of aryl methyl sites for hydroxylation is 2. The van der Waals surface area contributed by atoms with Gasteiger partial charge in [0.25, 0.3) is 5.91 Å². The summed E-state index contributed by atoms with van der Waals surface area (Å²) in [5, 5.41) is 4.30. The number of hydrogen-bond acceptors (Lipinski definition) is 1. The van der Waals surface area contributed by atoms with Crippen LogP contribution in [0.25, 0.3) is 16.6 Å². The summed E-state index contributed by atoms with van der Waals surface area (Å²) in [6.45, 7) is 4.14. The normalized spacial score (nSPS) is 10.8. The molecule has 0 saturated carbocycles. The number of carbonyl (C=O) groups is 1. The average Bonchev–Trinajstić information content (AvgIpc) is 3.00. The summed E-state index contributed by atoms with van der Waals surface area (Å²) >= 11 is 0. The Kier molecular flexibility index (Phi) is 4.05. The number of amides is 1. The first-order valence-corrected chi connectivity index (χ1v) is 8.67. The quantitative estimate of drug-likeness (QED) is 0.525. The van der Waals surface area contributed by atoms with Gasteiger partial charge in [0.1, 0.15) is 0 Å². The van der Waals surface area contributed by atoms with Crippen molar-refractivity contribution in [3.8, 4) is 5.69 Å². The molecule has 0 bridgehead atoms. The molecule has 0 radical (unpaired) electrons. The third kappa shape index (κ3) is 2.88. The molecular weight excluding hydrogens is 320 g/mol. The monoisotopic (exact) mass is 340 g/mol. The summed E-state index contributed by atoms with van der Waals surface area (Å²) in [6.07, 6.45) is 2.12. The van der Waals surface area contributed by atoms with Crippen LogP contribution in [0.15, 0.2) is 79.0 Å². The summed E-state index contributed by atoms with van der Waals surface area (Å²) in [4.78, 5) is 12.7. The minimum atomic E-state index is -0.106. The van der Waals surface area contributed by atoms with Gasteiger partial charge in [0.15, 0.2) is 0 Å². The van der Waals surface area contributed by atoms with Gasteiger partial charge in [-0.25, -0.2) is 0 Å². The van der Waals surface area contributed by atoms with Gasteiger partial charge in [-0.15, -0.1) is 0 Å². The van der Waals surface area contributed by atoms with Crippen molar-refractivity contribution in [1.82, 2.24) is 4.57 Å². The van der Waals surface area contributed by atoms with E-state index in [0.29, 0.717) is 5.56 Å². The lowest BCUT2D eigenvalue weighted by Gasteiger charge is -2.14. The van der Waals surface area contributed by atoms with Crippen molar-refractivity contribution in [1.29, 1.82) is 0 Å². The molecule has 3 nitrogen and oxygen atoms in total. The Hall–Kier alpha value is -3.33. The highest BCUT2D eigenvalue weighted by molar-refractivity contribution is 6.05. The zero-order chi connectivity index (χ0) is 18.1. The fraction of sp³-hybridized carbons (Fsp3) is 0.0870. The molecular formula is C23H20N2O. The van der Waals surface area contributed by atoms with Crippen molar-refractivity contribution >= 4 is 22.5 Å². The summed E-state index contributed by atoms with van der Waals surface area (Å²) in [5.41, 5.74) is 5.85. The van der Waals surface area contributed by atoms with Crippen LogP contribution in [0.5, 0.6) is 0 Å². The minimum Gasteiger partial charge on any atom is -0.320 e. The molecule has 0 atom stereocenters. The highest BCUT2D eigenvalue weighted by Gasteiger charge is 2.13. The smallest absolute Gasteiger partial charge is 0.255 e. The van der Waals surface area contributed by atoms with E-state index in [1.165, 1.54) is 10.9 Å². The van der Waals surface area contributed by atoms with E-state index in [-0.39, 0.29) is 5.91 Å². The lowest BCUT2D eigenvalue weighted by Crippen LogP contribution is -2.13. The highest BCUT2D eigenvalue weighted by Crippen LogP contribution is 2.29. The van der Waals surface area contributed by atoms with Crippen molar-refractivity contribution < 1.29 is 4.79 Å². The van der Waals surface area contributed by atoms with E-state index >= 15 is 0 Å². The Balaban J connectivity index is 1.81. The van der Waals surface area contributed by atoms with Crippen LogP contribution in [0.1, 0.15) is 21.5 Å². The molecule has 0 saturated heterocycles. The van der Waals surface area contributed by atoms with E-state index in [1.807, 2.05) is 55.5 Å². The fourth-order valence-corrected chi connectivity index (χ4v) is 3.29. The average molecular weight is 340 g/mol. The zero-order valence-corrected chi connectivity index (χ0v) is 14.9. The highest BCUT2D eigenvalue weighted by atomic mass is 16.1. The van der Waals surface area contributed by atoms with Crippen LogP contribution in [0.2, 0.25) is 0 Å². The van der Waals surface area contributed by atoms with Gasteiger partial charge in [-0.1, -0.05) is 42.5 Å². The summed E-state index contributed by atoms with van der Waals surface area (Å²) in [7, 11) is 0. The van der Waals surface area contributed by atoms with Crippen LogP contribution < -0.4 is 5.32 Å². The van der Waals surface area contributed by atoms with Gasteiger partial charge in [0.2, 0.25) is 0 Å². The molecule has 0 aliphatic heterocycles. The predicted octanol–water partition coefficient (Wildman–Crippen LogP) is 5.50. The van der Waals surface area contributed by atoms with Crippen LogP contribution >= 0.6 is 0 Å². The number of rotatable bonds is 3. The van der Waals surface area contributed by atoms with Gasteiger partial charge in [-0.05, 0) is 55.3 Å². The first kappa shape index (κ1) is 16.2. The van der Waals surface area contributed by atoms with Gasteiger partial charge in [-0.3, -0.25) is 4.79 Å². The molecule has 0 spiro atoms. The third-order valence-corrected chi connectivity index (χ3v) is 4.61. The standard InChI is InChI=1S/C23H20N2O/c1-16-12-13-22(25-15-17(2)19-10-6-7-11-21(19)25)20(14-16)24-23(26)18-8-4-3-5-9-18/h3-15H,1-2H3,(H,24,26). The molecule has 3 aromatic carbocycles. The van der Waals surface area contributed by atoms with Gasteiger partial charge < -0.3 is 9.88 Å². The summed E-state index contributed by atoms with van der Waals surface area (Å²) in [5.74, 6) is -0.106. The number of aromatic nitrogens is 1. The second-order valence-corrected chi connectivity index (χ2v) is 6.54. The van der Waals surface area contributed by atoms with E-state index in [0.717, 1.165) is 22.5 Å². The number of nitrogens with zero attached hydrogens (tertiary/aromatic N) is 1. The fourth-order valence-electron chi connectivity index (χ4n) is 3.29. The maximum absolute atomic E-state index is 12.7. The Morgan fingerprint density at radius 1 is 0.885 bits per heavy atom. The van der Waals surface area contributed by atoms with Gasteiger partial charge >= 0.3 is 0 Å². The summed E-state index contributed by atoms with van der Waals surface area (Å²) < 4.78 is 2.14. The molecule has 0 aliphatic carbocycles. The third-order valence-electron chi connectivity index (χ3n) is 4.61. The number of nitrogens with one attached hydrogen (secondary N) is 1. The van der Waals surface area contributed by atoms with Crippen molar-refractivity contribution in [2.75, 3.05) is 5.32 Å². The Morgan fingerprint density at radius 3 is 2.42 bits per heavy atom. The molecule has 26 heavy (non-hydrogen) atoms. The number of anilines is 1. The maximum Gasteiger partial charge on any atom is 0.255 e. The van der Waals surface area contributed by atoms with Gasteiger partial charge in [0.05, 0.1) is 16.9 Å². The molecule has 1 heterocycles. The number of fused-ring (bicyclic) bond motifs is 1. The maximum atomic E-state index is 12.7. The van der Waals surface area contributed by atoms with E-state index in [2.05, 4.69) is 47.3 Å². The lowest BCUT2D eigenvalue weighted by molar-refractivity contribution is 0.102. The van der Waals surface area contributed by atoms with E-state index in [4.69, 9.17) is 0 Å². The lowest BCUT2D eigenvalue weighted by atomic mass is 10.1. The molecule has 1 aromatic heterocycles. The Bertz CT molecular complexity index is 1090. The van der Waals surface area contributed by atoms with Gasteiger partial charge in [0, 0.05) is 17.1 Å². The number of para-hydroxylation sites is 1. The first-order valence-electron chi connectivity index (χ1n) is 8.67. The van der Waals surface area contributed by atoms with Crippen molar-refractivity contribution in [2.45, 2.75) is 13.8 Å². The SMILES string of the molecule is Cc1ccc(-n2cc(C)c3ccccc32)c(NC(=O)c2ccccc2)c1. The van der Waals surface area contributed by atoms with E-state index in [1.54, 1.807) is 0 Å². The van der Waals surface area contributed by atoms with Crippen LogP contribution in [-0.2, 0) is 0 Å². The molecule has 1 amide bonds. The second kappa shape index (κ2) is 6.52. The molecule has 0 unspecified atom stereocenters. The second-order valence-electron chi connectivity index (χ2n) is 6.54. The molecule has 4 aromatic rings. The minimum absolute atomic E-state index is 0.106. The van der Waals surface area contributed by atoms with Crippen LogP contribution in [0.3, 0.4) is 0 Å². The van der Waals surface area contributed by atoms with E-state index < -0.39 is 0 Å². The topological polar surface area (TPSA) is 34.0 Å². The Morgan fingerprint density at radius 2 is 1.62 bits per heavy atom. The molecule has 1 N–H and O–H groups in total. The molecule has 3 heteroatoms. The van der Waals surface area contributed by atoms with Crippen LogP contribution in [-0.4, -0.2) is 10.5 Å². The number of hydrogen-bond donors (Lipinski definition) is 1. The number of benzene rings is 3. The van der Waals surface area contributed by atoms with Crippen LogP contribution in [0.4, 0.5) is 5.69 Å². The molecule has 0 fully saturated rings. The van der Waals surface area contributed by atoms with Crippen LogP contribution in [0, 0.1) is 13.8 Å². The zero-order valence-electron chi connectivity index (χ0n) is 14.9. The van der Waals surface area contributed by atoms with Crippen molar-refractivity contribution in [3.05, 3.63) is 95.7 Å². The van der Waals surface area contributed by atoms with Gasteiger partial charge in [-0.2, -0.15) is 0 Å². The van der Waals surface area contributed by atoms with E-state index in [9.17, 15) is 4.79 Å². The summed E-state index contributed by atoms with van der Waals surface area (Å²) in [6, 6.07) is 23.7. The largest absolute Gasteiger partial charge is 0.320 e. The predicted molar refractivity (Wildman–Crippen MR) is 107 cm³/mol. The molecule has 0 aliphatic rings. The Labute approximate surface area is 152 Å².